The van der Waals surface area contributed by atoms with Crippen LogP contribution >= 0.6 is 0 Å². The lowest BCUT2D eigenvalue weighted by Crippen LogP contribution is -2.53. The average molecular weight is 525 g/mol. The molecule has 1 saturated carbocycles. The van der Waals surface area contributed by atoms with E-state index in [4.69, 9.17) is 4.99 Å². The highest BCUT2D eigenvalue weighted by Crippen LogP contribution is 2.50. The first-order chi connectivity index (χ1) is 17.7. The number of benzene rings is 1. The summed E-state index contributed by atoms with van der Waals surface area (Å²) in [4.78, 5) is 37.9. The molecule has 1 aliphatic carbocycles. The second-order valence-electron chi connectivity index (χ2n) is 14.1. The van der Waals surface area contributed by atoms with E-state index >= 15 is 0 Å². The van der Waals surface area contributed by atoms with Gasteiger partial charge in [0.05, 0.1) is 11.6 Å². The van der Waals surface area contributed by atoms with Crippen LogP contribution in [0.15, 0.2) is 29.3 Å². The number of carbonyl (C=O) groups is 2. The summed E-state index contributed by atoms with van der Waals surface area (Å²) < 4.78 is 0. The molecule has 1 aromatic carbocycles. The molecule has 1 spiro atoms. The van der Waals surface area contributed by atoms with Gasteiger partial charge >= 0.3 is 5.97 Å². The van der Waals surface area contributed by atoms with Crippen LogP contribution in [0.5, 0.6) is 0 Å². The minimum absolute atomic E-state index is 0.0463. The molecule has 1 atom stereocenters. The Kier molecular flexibility index (Phi) is 8.00. The number of piperazine rings is 1. The lowest BCUT2D eigenvalue weighted by Gasteiger charge is -2.47. The first kappa shape index (κ1) is 28.6. The molecular formula is C31H48N4O3. The molecule has 0 radical (unpaired) electrons. The summed E-state index contributed by atoms with van der Waals surface area (Å²) in [5.74, 6) is 0.355. The normalized spacial score (nSPS) is 26.1. The van der Waals surface area contributed by atoms with Crippen LogP contribution < -0.4 is 0 Å². The van der Waals surface area contributed by atoms with Crippen LogP contribution in [0.25, 0.3) is 0 Å². The predicted octanol–water partition coefficient (Wildman–Crippen LogP) is 5.67. The number of nitrogens with zero attached hydrogens (tertiary/aromatic N) is 4. The Labute approximate surface area is 229 Å². The van der Waals surface area contributed by atoms with Gasteiger partial charge in [0.25, 0.3) is 5.91 Å². The number of likely N-dealkylation sites (N-methyl/N-ethyl adjacent to an activating group) is 1. The van der Waals surface area contributed by atoms with Crippen LogP contribution in [0.3, 0.4) is 0 Å². The van der Waals surface area contributed by atoms with E-state index in [1.165, 1.54) is 0 Å². The van der Waals surface area contributed by atoms with Gasteiger partial charge in [0.1, 0.15) is 5.66 Å². The van der Waals surface area contributed by atoms with Gasteiger partial charge in [-0.25, -0.2) is 9.79 Å². The van der Waals surface area contributed by atoms with Gasteiger partial charge in [-0.3, -0.25) is 4.79 Å². The van der Waals surface area contributed by atoms with Crippen LogP contribution in [-0.4, -0.2) is 76.4 Å². The van der Waals surface area contributed by atoms with Crippen LogP contribution in [0.2, 0.25) is 0 Å². The van der Waals surface area contributed by atoms with E-state index in [1.54, 1.807) is 12.1 Å². The van der Waals surface area contributed by atoms with Crippen molar-refractivity contribution >= 4 is 17.7 Å². The van der Waals surface area contributed by atoms with Gasteiger partial charge < -0.3 is 19.8 Å². The van der Waals surface area contributed by atoms with E-state index in [0.29, 0.717) is 11.8 Å². The van der Waals surface area contributed by atoms with Crippen LogP contribution in [0.1, 0.15) is 102 Å². The molecule has 7 nitrogen and oxygen atoms in total. The minimum Gasteiger partial charge on any atom is -0.478 e. The van der Waals surface area contributed by atoms with Crippen LogP contribution in [-0.2, 0) is 4.79 Å². The van der Waals surface area contributed by atoms with E-state index in [-0.39, 0.29) is 28.3 Å². The number of amidine groups is 1. The van der Waals surface area contributed by atoms with E-state index in [1.807, 2.05) is 12.1 Å². The first-order valence-corrected chi connectivity index (χ1v) is 14.4. The summed E-state index contributed by atoms with van der Waals surface area (Å²) in [5, 5.41) is 9.47. The number of amides is 1. The highest BCUT2D eigenvalue weighted by molar-refractivity contribution is 6.39. The highest BCUT2D eigenvalue weighted by Gasteiger charge is 2.53. The van der Waals surface area contributed by atoms with Gasteiger partial charge in [0, 0.05) is 26.2 Å². The number of rotatable bonds is 5. The summed E-state index contributed by atoms with van der Waals surface area (Å²) >= 11 is 0. The van der Waals surface area contributed by atoms with Crippen molar-refractivity contribution in [1.29, 1.82) is 0 Å². The molecule has 1 unspecified atom stereocenters. The number of hydrogen-bond donors (Lipinski definition) is 1. The zero-order valence-corrected chi connectivity index (χ0v) is 24.6. The molecule has 1 saturated heterocycles. The zero-order valence-electron chi connectivity index (χ0n) is 24.6. The van der Waals surface area contributed by atoms with Crippen LogP contribution in [0.4, 0.5) is 0 Å². The molecule has 38 heavy (non-hydrogen) atoms. The van der Waals surface area contributed by atoms with Crippen molar-refractivity contribution in [3.63, 3.8) is 0 Å². The fourth-order valence-corrected chi connectivity index (χ4v) is 6.41. The van der Waals surface area contributed by atoms with E-state index in [0.717, 1.165) is 70.3 Å². The van der Waals surface area contributed by atoms with Crippen molar-refractivity contribution < 1.29 is 14.7 Å². The van der Waals surface area contributed by atoms with E-state index in [9.17, 15) is 14.7 Å². The average Bonchev–Trinajstić information content (AvgIpc) is 3.11. The first-order valence-electron chi connectivity index (χ1n) is 14.4. The van der Waals surface area contributed by atoms with Crippen molar-refractivity contribution in [2.24, 2.45) is 21.7 Å². The molecule has 0 bridgehead atoms. The molecule has 2 aliphatic heterocycles. The summed E-state index contributed by atoms with van der Waals surface area (Å²) in [6, 6.07) is 7.02. The van der Waals surface area contributed by atoms with Crippen LogP contribution in [0, 0.1) is 16.7 Å². The Hall–Kier alpha value is -2.41. The molecule has 3 aliphatic rings. The number of carboxylic acids is 1. The predicted molar refractivity (Wildman–Crippen MR) is 152 cm³/mol. The van der Waals surface area contributed by atoms with Crippen molar-refractivity contribution in [1.82, 2.24) is 14.7 Å². The second-order valence-corrected chi connectivity index (χ2v) is 14.1. The second kappa shape index (κ2) is 10.6. The van der Waals surface area contributed by atoms with Crippen molar-refractivity contribution in [3.05, 3.63) is 35.4 Å². The number of aromatic carboxylic acids is 1. The molecule has 4 rings (SSSR count). The molecule has 1 aromatic rings. The smallest absolute Gasteiger partial charge is 0.335 e. The molecule has 7 heteroatoms. The third-order valence-electron chi connectivity index (χ3n) is 9.01. The standard InChI is InChI=1S/C31H48N4O3/c1-29(2,3)15-14-25(22-8-10-23(11-9-22)28(37)38)35-27(36)26(34-20-18-33(7)19-21-34)32-31(35)16-12-24(13-17-31)30(4,5)6/h8-11,24-25H,12-21H2,1-7H3,(H,37,38). The van der Waals surface area contributed by atoms with Gasteiger partial charge in [-0.1, -0.05) is 53.7 Å². The maximum absolute atomic E-state index is 14.4. The van der Waals surface area contributed by atoms with Gasteiger partial charge in [0.15, 0.2) is 5.84 Å². The number of carboxylic acid groups (broad SMARTS) is 1. The largest absolute Gasteiger partial charge is 0.478 e. The van der Waals surface area contributed by atoms with Crippen molar-refractivity contribution in [3.8, 4) is 0 Å². The van der Waals surface area contributed by atoms with E-state index in [2.05, 4.69) is 63.3 Å². The Morgan fingerprint density at radius 3 is 2.11 bits per heavy atom. The maximum Gasteiger partial charge on any atom is 0.335 e. The molecule has 2 fully saturated rings. The Bertz CT molecular complexity index is 1030. The van der Waals surface area contributed by atoms with Gasteiger partial charge in [0.2, 0.25) is 0 Å². The molecular weight excluding hydrogens is 476 g/mol. The summed E-state index contributed by atoms with van der Waals surface area (Å²) in [7, 11) is 2.13. The SMILES string of the molecule is CN1CCN(C2=NC3(CCC(C(C)(C)C)CC3)N(C(CCC(C)(C)C)c3ccc(C(=O)O)cc3)C2=O)CC1. The molecule has 2 heterocycles. The van der Waals surface area contributed by atoms with Gasteiger partial charge in [-0.15, -0.1) is 0 Å². The molecule has 1 N–H and O–H groups in total. The molecule has 1 amide bonds. The summed E-state index contributed by atoms with van der Waals surface area (Å²) in [6.45, 7) is 17.2. The lowest BCUT2D eigenvalue weighted by molar-refractivity contribution is -0.134. The minimum atomic E-state index is -0.933. The monoisotopic (exact) mass is 524 g/mol. The fourth-order valence-electron chi connectivity index (χ4n) is 6.41. The molecule has 0 aromatic heterocycles. The molecule has 210 valence electrons. The number of carbonyl (C=O) groups excluding carboxylic acids is 1. The topological polar surface area (TPSA) is 76.4 Å². The summed E-state index contributed by atoms with van der Waals surface area (Å²) in [5.41, 5.74) is 1.08. The van der Waals surface area contributed by atoms with Crippen molar-refractivity contribution in [2.45, 2.75) is 91.8 Å². The third kappa shape index (κ3) is 6.08. The Morgan fingerprint density at radius 1 is 1.03 bits per heavy atom. The highest BCUT2D eigenvalue weighted by atomic mass is 16.4. The Morgan fingerprint density at radius 2 is 1.61 bits per heavy atom. The van der Waals surface area contributed by atoms with Gasteiger partial charge in [-0.05, 0) is 80.0 Å². The zero-order chi connectivity index (χ0) is 27.9. The third-order valence-corrected chi connectivity index (χ3v) is 9.01. The van der Waals surface area contributed by atoms with Crippen molar-refractivity contribution in [2.75, 3.05) is 33.2 Å². The number of aliphatic imine (C=N–C) groups is 1. The van der Waals surface area contributed by atoms with Gasteiger partial charge in [-0.2, -0.15) is 0 Å². The maximum atomic E-state index is 14.4. The number of hydrogen-bond acceptors (Lipinski definition) is 5. The quantitative estimate of drug-likeness (QED) is 0.537. The fraction of sp³-hybridized carbons (Fsp3) is 0.710. The Balaban J connectivity index is 1.73. The van der Waals surface area contributed by atoms with E-state index < -0.39 is 11.6 Å². The lowest BCUT2D eigenvalue weighted by atomic mass is 9.69. The summed E-state index contributed by atoms with van der Waals surface area (Å²) in [6.07, 6.45) is 5.62.